The minimum atomic E-state index is -0.864. The average molecular weight is 266 g/mol. The number of nitro benzene ring substituents is 1. The lowest BCUT2D eigenvalue weighted by Gasteiger charge is -2.28. The van der Waals surface area contributed by atoms with Gasteiger partial charge >= 0.3 is 5.69 Å². The number of rotatable bonds is 3. The van der Waals surface area contributed by atoms with Crippen LogP contribution >= 0.6 is 0 Å². The number of anilines is 1. The van der Waals surface area contributed by atoms with E-state index in [0.717, 1.165) is 44.1 Å². The van der Waals surface area contributed by atoms with Gasteiger partial charge in [-0.05, 0) is 18.9 Å². The largest absolute Gasteiger partial charge is 0.362 e. The van der Waals surface area contributed by atoms with Crippen LogP contribution in [0.5, 0.6) is 0 Å². The van der Waals surface area contributed by atoms with Crippen molar-refractivity contribution in [3.63, 3.8) is 0 Å². The molecule has 0 N–H and O–H groups in total. The second-order valence-electron chi connectivity index (χ2n) is 4.64. The van der Waals surface area contributed by atoms with Gasteiger partial charge in [0.25, 0.3) is 0 Å². The molecule has 0 spiro atoms. The van der Waals surface area contributed by atoms with E-state index in [1.165, 1.54) is 6.07 Å². The number of halogens is 1. The molecule has 5 nitrogen and oxygen atoms in total. The van der Waals surface area contributed by atoms with Gasteiger partial charge in [0, 0.05) is 24.4 Å². The Labute approximate surface area is 110 Å². The van der Waals surface area contributed by atoms with Crippen LogP contribution in [0, 0.1) is 15.9 Å². The molecule has 6 heteroatoms. The molecule has 0 radical (unpaired) electrons. The van der Waals surface area contributed by atoms with Crippen LogP contribution in [0.2, 0.25) is 0 Å². The molecular formula is C13H15FN2O3. The number of nitrogens with zero attached hydrogens (tertiary/aromatic N) is 2. The Bertz CT molecular complexity index is 493. The molecule has 1 aromatic carbocycles. The lowest BCUT2D eigenvalue weighted by atomic mass is 10.1. The molecule has 0 aliphatic carbocycles. The van der Waals surface area contributed by atoms with Crippen molar-refractivity contribution < 1.29 is 14.1 Å². The molecule has 0 amide bonds. The molecule has 1 fully saturated rings. The van der Waals surface area contributed by atoms with Crippen LogP contribution in [0.3, 0.4) is 0 Å². The molecule has 102 valence electrons. The Morgan fingerprint density at radius 2 is 2.16 bits per heavy atom. The lowest BCUT2D eigenvalue weighted by molar-refractivity contribution is -0.387. The van der Waals surface area contributed by atoms with Crippen molar-refractivity contribution in [2.75, 3.05) is 11.4 Å². The highest BCUT2D eigenvalue weighted by Gasteiger charge is 2.23. The first kappa shape index (κ1) is 13.5. The molecule has 1 saturated heterocycles. The monoisotopic (exact) mass is 266 g/mol. The maximum Gasteiger partial charge on any atom is 0.304 e. The van der Waals surface area contributed by atoms with Crippen LogP contribution in [0.1, 0.15) is 25.7 Å². The topological polar surface area (TPSA) is 63.5 Å². The second-order valence-corrected chi connectivity index (χ2v) is 4.64. The van der Waals surface area contributed by atoms with Crippen molar-refractivity contribution >= 4 is 17.7 Å². The van der Waals surface area contributed by atoms with Gasteiger partial charge in [0.1, 0.15) is 6.29 Å². The fraction of sp³-hybridized carbons (Fsp3) is 0.462. The summed E-state index contributed by atoms with van der Waals surface area (Å²) in [5.74, 6) is -0.864. The number of hydrogen-bond donors (Lipinski definition) is 0. The fourth-order valence-corrected chi connectivity index (χ4v) is 2.42. The van der Waals surface area contributed by atoms with Crippen molar-refractivity contribution in [1.82, 2.24) is 0 Å². The van der Waals surface area contributed by atoms with Gasteiger partial charge in [0.15, 0.2) is 0 Å². The molecule has 1 aliphatic rings. The van der Waals surface area contributed by atoms with Crippen LogP contribution < -0.4 is 4.90 Å². The first-order valence-corrected chi connectivity index (χ1v) is 6.29. The van der Waals surface area contributed by atoms with Crippen molar-refractivity contribution in [2.24, 2.45) is 0 Å². The third kappa shape index (κ3) is 2.89. The second kappa shape index (κ2) is 5.77. The Hall–Kier alpha value is -1.98. The molecule has 2 rings (SSSR count). The molecule has 1 atom stereocenters. The van der Waals surface area contributed by atoms with E-state index in [2.05, 4.69) is 0 Å². The van der Waals surface area contributed by atoms with Gasteiger partial charge in [-0.2, -0.15) is 4.39 Å². The van der Waals surface area contributed by atoms with Crippen LogP contribution in [0.25, 0.3) is 0 Å². The van der Waals surface area contributed by atoms with Crippen LogP contribution in [0.15, 0.2) is 18.2 Å². The van der Waals surface area contributed by atoms with Crippen molar-refractivity contribution in [3.05, 3.63) is 34.1 Å². The SMILES string of the molecule is O=CC1CCCCCN1c1ccc([N+](=O)[O-])c(F)c1. The summed E-state index contributed by atoms with van der Waals surface area (Å²) in [6.45, 7) is 0.667. The number of carbonyl (C=O) groups is 1. The minimum Gasteiger partial charge on any atom is -0.362 e. The highest BCUT2D eigenvalue weighted by Crippen LogP contribution is 2.27. The van der Waals surface area contributed by atoms with Crippen LogP contribution in [-0.2, 0) is 4.79 Å². The van der Waals surface area contributed by atoms with E-state index in [9.17, 15) is 19.3 Å². The minimum absolute atomic E-state index is 0.275. The summed E-state index contributed by atoms with van der Waals surface area (Å²) >= 11 is 0. The molecule has 19 heavy (non-hydrogen) atoms. The van der Waals surface area contributed by atoms with Gasteiger partial charge in [-0.1, -0.05) is 12.8 Å². The normalized spacial score (nSPS) is 19.8. The van der Waals surface area contributed by atoms with Crippen LogP contribution in [0.4, 0.5) is 15.8 Å². The maximum absolute atomic E-state index is 13.6. The molecule has 1 unspecified atom stereocenters. The van der Waals surface area contributed by atoms with E-state index in [1.807, 2.05) is 4.90 Å². The van der Waals surface area contributed by atoms with Gasteiger partial charge in [-0.15, -0.1) is 0 Å². The van der Waals surface area contributed by atoms with E-state index in [4.69, 9.17) is 0 Å². The molecule has 0 bridgehead atoms. The van der Waals surface area contributed by atoms with E-state index in [0.29, 0.717) is 12.2 Å². The van der Waals surface area contributed by atoms with E-state index < -0.39 is 16.4 Å². The summed E-state index contributed by atoms with van der Waals surface area (Å²) in [6, 6.07) is 3.52. The zero-order chi connectivity index (χ0) is 13.8. The Morgan fingerprint density at radius 1 is 1.37 bits per heavy atom. The molecule has 1 aromatic rings. The fourth-order valence-electron chi connectivity index (χ4n) is 2.42. The molecule has 0 aromatic heterocycles. The van der Waals surface area contributed by atoms with E-state index >= 15 is 0 Å². The van der Waals surface area contributed by atoms with Crippen LogP contribution in [-0.4, -0.2) is 23.8 Å². The summed E-state index contributed by atoms with van der Waals surface area (Å²) in [4.78, 5) is 22.8. The zero-order valence-corrected chi connectivity index (χ0v) is 10.4. The zero-order valence-electron chi connectivity index (χ0n) is 10.4. The van der Waals surface area contributed by atoms with Crippen molar-refractivity contribution in [1.29, 1.82) is 0 Å². The number of aldehydes is 1. The average Bonchev–Trinajstić information content (AvgIpc) is 2.63. The summed E-state index contributed by atoms with van der Waals surface area (Å²) in [5.41, 5.74) is -0.0108. The van der Waals surface area contributed by atoms with Crippen molar-refractivity contribution in [3.8, 4) is 0 Å². The predicted octanol–water partition coefficient (Wildman–Crippen LogP) is 2.68. The highest BCUT2D eigenvalue weighted by molar-refractivity contribution is 5.67. The maximum atomic E-state index is 13.6. The standard InChI is InChI=1S/C13H15FN2O3/c14-12-8-10(5-6-13(12)16(18)19)15-7-3-1-2-4-11(15)9-17/h5-6,8-9,11H,1-4,7H2. The quantitative estimate of drug-likeness (QED) is 0.479. The molecule has 1 heterocycles. The summed E-state index contributed by atoms with van der Waals surface area (Å²) < 4.78 is 13.6. The van der Waals surface area contributed by atoms with Gasteiger partial charge in [0.2, 0.25) is 5.82 Å². The third-order valence-corrected chi connectivity index (χ3v) is 3.42. The van der Waals surface area contributed by atoms with E-state index in [-0.39, 0.29) is 6.04 Å². The Kier molecular flexibility index (Phi) is 4.09. The number of benzene rings is 1. The van der Waals surface area contributed by atoms with Gasteiger partial charge in [0.05, 0.1) is 11.0 Å². The molecular weight excluding hydrogens is 251 g/mol. The summed E-state index contributed by atoms with van der Waals surface area (Å²) in [5, 5.41) is 10.6. The predicted molar refractivity (Wildman–Crippen MR) is 68.7 cm³/mol. The van der Waals surface area contributed by atoms with Gasteiger partial charge < -0.3 is 9.69 Å². The smallest absolute Gasteiger partial charge is 0.304 e. The van der Waals surface area contributed by atoms with Crippen molar-refractivity contribution in [2.45, 2.75) is 31.7 Å². The number of carbonyl (C=O) groups excluding carboxylic acids is 1. The number of hydrogen-bond acceptors (Lipinski definition) is 4. The lowest BCUT2D eigenvalue weighted by Crippen LogP contribution is -2.36. The first-order valence-electron chi connectivity index (χ1n) is 6.29. The Morgan fingerprint density at radius 3 is 2.79 bits per heavy atom. The number of nitro groups is 1. The molecule has 1 aliphatic heterocycles. The third-order valence-electron chi connectivity index (χ3n) is 3.42. The van der Waals surface area contributed by atoms with Gasteiger partial charge in [-0.25, -0.2) is 0 Å². The highest BCUT2D eigenvalue weighted by atomic mass is 19.1. The van der Waals surface area contributed by atoms with Gasteiger partial charge in [-0.3, -0.25) is 10.1 Å². The summed E-state index contributed by atoms with van der Waals surface area (Å²) in [7, 11) is 0. The summed E-state index contributed by atoms with van der Waals surface area (Å²) in [6.07, 6.45) is 4.54. The van der Waals surface area contributed by atoms with E-state index in [1.54, 1.807) is 0 Å². The Balaban J connectivity index is 2.31. The molecule has 0 saturated carbocycles. The first-order chi connectivity index (χ1) is 9.13.